The zero-order chi connectivity index (χ0) is 23.5. The first-order valence-corrected chi connectivity index (χ1v) is 11.3. The van der Waals surface area contributed by atoms with Crippen LogP contribution in [0.15, 0.2) is 71.7 Å². The zero-order valence-corrected chi connectivity index (χ0v) is 19.8. The molecule has 0 aliphatic carbocycles. The summed E-state index contributed by atoms with van der Waals surface area (Å²) in [7, 11) is 1.62. The Labute approximate surface area is 203 Å². The number of halogens is 2. The van der Waals surface area contributed by atoms with Gasteiger partial charge >= 0.3 is 0 Å². The molecule has 5 nitrogen and oxygen atoms in total. The topological polar surface area (TPSA) is 62.1 Å². The normalized spacial score (nSPS) is 17.8. The molecule has 0 fully saturated rings. The highest BCUT2D eigenvalue weighted by Crippen LogP contribution is 2.44. The van der Waals surface area contributed by atoms with Crippen LogP contribution in [-0.4, -0.2) is 28.9 Å². The summed E-state index contributed by atoms with van der Waals surface area (Å²) < 4.78 is 5.30. The lowest BCUT2D eigenvalue weighted by Gasteiger charge is -2.29. The Morgan fingerprint density at radius 3 is 2.09 bits per heavy atom. The number of rotatable bonds is 6. The van der Waals surface area contributed by atoms with Gasteiger partial charge in [-0.3, -0.25) is 14.7 Å². The summed E-state index contributed by atoms with van der Waals surface area (Å²) in [5.74, 6) is 0.419. The molecule has 7 heteroatoms. The molecule has 0 bridgehead atoms. The average molecular weight is 483 g/mol. The molecule has 1 N–H and O–H groups in total. The summed E-state index contributed by atoms with van der Waals surface area (Å²) in [4.78, 5) is 19.8. The van der Waals surface area contributed by atoms with E-state index < -0.39 is 0 Å². The van der Waals surface area contributed by atoms with E-state index in [4.69, 9.17) is 32.9 Å². The molecule has 0 saturated carbocycles. The minimum atomic E-state index is -0.361. The van der Waals surface area contributed by atoms with E-state index in [0.717, 1.165) is 27.8 Å². The van der Waals surface area contributed by atoms with Crippen LogP contribution in [0.25, 0.3) is 0 Å². The second-order valence-electron chi connectivity index (χ2n) is 7.96. The number of ether oxygens (including phenoxy) is 1. The van der Waals surface area contributed by atoms with E-state index in [-0.39, 0.29) is 24.6 Å². The van der Waals surface area contributed by atoms with Gasteiger partial charge in [0, 0.05) is 29.6 Å². The van der Waals surface area contributed by atoms with Crippen molar-refractivity contribution >= 4 is 34.9 Å². The van der Waals surface area contributed by atoms with Gasteiger partial charge in [0.1, 0.15) is 11.9 Å². The molecule has 1 aliphatic heterocycles. The van der Waals surface area contributed by atoms with E-state index in [2.05, 4.69) is 0 Å². The SMILES string of the molecule is COCc1cc(CO)cc(C2=NC(c3ccc(Cl)cc3)C(c3ccc(Cl)cc3)N2C(C)=O)c1. The standard InChI is InChI=1S/C26H24Cl2N2O3/c1-16(32)30-25(20-5-9-23(28)10-6-20)24(19-3-7-22(27)8-4-19)29-26(30)21-12-17(14-31)11-18(13-21)15-33-2/h3-13,24-25,31H,14-15H2,1-2H3. The molecule has 0 radical (unpaired) electrons. The summed E-state index contributed by atoms with van der Waals surface area (Å²) >= 11 is 12.3. The first-order chi connectivity index (χ1) is 15.9. The number of amides is 1. The molecular weight excluding hydrogens is 459 g/mol. The van der Waals surface area contributed by atoms with Crippen LogP contribution in [0.5, 0.6) is 0 Å². The molecular formula is C26H24Cl2N2O3. The van der Waals surface area contributed by atoms with Crippen LogP contribution in [0.2, 0.25) is 10.0 Å². The predicted octanol–water partition coefficient (Wildman–Crippen LogP) is 5.72. The molecule has 170 valence electrons. The Kier molecular flexibility index (Phi) is 7.15. The number of amidine groups is 1. The number of aliphatic hydroxyl groups is 1. The van der Waals surface area contributed by atoms with Crippen LogP contribution in [-0.2, 0) is 22.7 Å². The number of carbonyl (C=O) groups excluding carboxylic acids is 1. The quantitative estimate of drug-likeness (QED) is 0.488. The molecule has 3 aromatic rings. The van der Waals surface area contributed by atoms with Crippen molar-refractivity contribution < 1.29 is 14.6 Å². The second kappa shape index (κ2) is 10.1. The number of benzene rings is 3. The largest absolute Gasteiger partial charge is 0.392 e. The summed E-state index contributed by atoms with van der Waals surface area (Å²) in [6.45, 7) is 1.79. The van der Waals surface area contributed by atoms with Crippen molar-refractivity contribution in [2.24, 2.45) is 4.99 Å². The van der Waals surface area contributed by atoms with Crippen molar-refractivity contribution in [2.45, 2.75) is 32.2 Å². The van der Waals surface area contributed by atoms with Gasteiger partial charge in [-0.05, 0) is 58.7 Å². The van der Waals surface area contributed by atoms with Gasteiger partial charge in [0.2, 0.25) is 5.91 Å². The number of nitrogens with zero attached hydrogens (tertiary/aromatic N) is 2. The van der Waals surface area contributed by atoms with E-state index in [1.165, 1.54) is 6.92 Å². The number of carbonyl (C=O) groups is 1. The van der Waals surface area contributed by atoms with Gasteiger partial charge in [-0.25, -0.2) is 0 Å². The third-order valence-electron chi connectivity index (χ3n) is 5.63. The van der Waals surface area contributed by atoms with Crippen molar-refractivity contribution in [1.82, 2.24) is 4.90 Å². The number of methoxy groups -OCH3 is 1. The summed E-state index contributed by atoms with van der Waals surface area (Å²) in [6.07, 6.45) is 0. The van der Waals surface area contributed by atoms with Gasteiger partial charge in [0.05, 0.1) is 19.3 Å². The van der Waals surface area contributed by atoms with Gasteiger partial charge < -0.3 is 9.84 Å². The Balaban J connectivity index is 1.89. The summed E-state index contributed by atoms with van der Waals surface area (Å²) in [5, 5.41) is 11.1. The van der Waals surface area contributed by atoms with E-state index >= 15 is 0 Å². The van der Waals surface area contributed by atoms with Crippen molar-refractivity contribution in [3.63, 3.8) is 0 Å². The van der Waals surface area contributed by atoms with Crippen molar-refractivity contribution in [2.75, 3.05) is 7.11 Å². The molecule has 2 unspecified atom stereocenters. The fourth-order valence-corrected chi connectivity index (χ4v) is 4.49. The maximum Gasteiger partial charge on any atom is 0.225 e. The molecule has 1 heterocycles. The fourth-order valence-electron chi connectivity index (χ4n) is 4.24. The lowest BCUT2D eigenvalue weighted by molar-refractivity contribution is -0.126. The van der Waals surface area contributed by atoms with Crippen molar-refractivity contribution in [1.29, 1.82) is 0 Å². The number of hydrogen-bond acceptors (Lipinski definition) is 4. The first-order valence-electron chi connectivity index (χ1n) is 10.5. The summed E-state index contributed by atoms with van der Waals surface area (Å²) in [6, 6.07) is 20.0. The molecule has 0 aromatic heterocycles. The lowest BCUT2D eigenvalue weighted by atomic mass is 9.93. The molecule has 1 aliphatic rings. The Hall–Kier alpha value is -2.70. The van der Waals surface area contributed by atoms with Crippen LogP contribution in [0.1, 0.15) is 46.8 Å². The Morgan fingerprint density at radius 1 is 0.970 bits per heavy atom. The fraction of sp³-hybridized carbons (Fsp3) is 0.231. The molecule has 4 rings (SSSR count). The molecule has 1 amide bonds. The minimum Gasteiger partial charge on any atom is -0.392 e. The van der Waals surface area contributed by atoms with Crippen molar-refractivity contribution in [3.8, 4) is 0 Å². The van der Waals surface area contributed by atoms with Gasteiger partial charge in [0.15, 0.2) is 0 Å². The highest BCUT2D eigenvalue weighted by atomic mass is 35.5. The van der Waals surface area contributed by atoms with Crippen LogP contribution in [0.4, 0.5) is 0 Å². The van der Waals surface area contributed by atoms with E-state index in [9.17, 15) is 9.90 Å². The number of aliphatic hydroxyl groups excluding tert-OH is 1. The number of hydrogen-bond donors (Lipinski definition) is 1. The highest BCUT2D eigenvalue weighted by molar-refractivity contribution is 6.30. The van der Waals surface area contributed by atoms with Crippen LogP contribution >= 0.6 is 23.2 Å². The highest BCUT2D eigenvalue weighted by Gasteiger charge is 2.41. The minimum absolute atomic E-state index is 0.126. The van der Waals surface area contributed by atoms with Gasteiger partial charge in [-0.15, -0.1) is 0 Å². The number of aliphatic imine (C=N–C) groups is 1. The van der Waals surface area contributed by atoms with E-state index in [0.29, 0.717) is 22.5 Å². The summed E-state index contributed by atoms with van der Waals surface area (Å²) in [5.41, 5.74) is 4.23. The maximum absolute atomic E-state index is 13.0. The molecule has 2 atom stereocenters. The van der Waals surface area contributed by atoms with Gasteiger partial charge in [-0.1, -0.05) is 53.5 Å². The Bertz CT molecular complexity index is 1180. The predicted molar refractivity (Wildman–Crippen MR) is 131 cm³/mol. The van der Waals surface area contributed by atoms with Crippen LogP contribution in [0, 0.1) is 0 Å². The van der Waals surface area contributed by atoms with Gasteiger partial charge in [-0.2, -0.15) is 0 Å². The first kappa shape index (κ1) is 23.5. The van der Waals surface area contributed by atoms with E-state index in [1.54, 1.807) is 12.0 Å². The van der Waals surface area contributed by atoms with Crippen LogP contribution < -0.4 is 0 Å². The molecule has 0 saturated heterocycles. The van der Waals surface area contributed by atoms with E-state index in [1.807, 2.05) is 66.7 Å². The third-order valence-corrected chi connectivity index (χ3v) is 6.14. The molecule has 3 aromatic carbocycles. The Morgan fingerprint density at radius 2 is 1.55 bits per heavy atom. The molecule has 33 heavy (non-hydrogen) atoms. The second-order valence-corrected chi connectivity index (χ2v) is 8.84. The van der Waals surface area contributed by atoms with Gasteiger partial charge in [0.25, 0.3) is 0 Å². The van der Waals surface area contributed by atoms with Crippen LogP contribution in [0.3, 0.4) is 0 Å². The third kappa shape index (κ3) is 4.97. The average Bonchev–Trinajstić information content (AvgIpc) is 3.21. The monoisotopic (exact) mass is 482 g/mol. The lowest BCUT2D eigenvalue weighted by Crippen LogP contribution is -2.36. The van der Waals surface area contributed by atoms with Crippen molar-refractivity contribution in [3.05, 3.63) is 105 Å². The molecule has 0 spiro atoms. The zero-order valence-electron chi connectivity index (χ0n) is 18.3. The smallest absolute Gasteiger partial charge is 0.225 e. The maximum atomic E-state index is 13.0.